The fourth-order valence-electron chi connectivity index (χ4n) is 6.72. The van der Waals surface area contributed by atoms with Crippen molar-refractivity contribution in [3.63, 3.8) is 0 Å². The van der Waals surface area contributed by atoms with E-state index in [9.17, 15) is 25.2 Å². The number of hydrogen-bond donors (Lipinski definition) is 5. The highest BCUT2D eigenvalue weighted by molar-refractivity contribution is 5.78. The van der Waals surface area contributed by atoms with Crippen LogP contribution in [0.2, 0.25) is 0 Å². The van der Waals surface area contributed by atoms with Gasteiger partial charge in [-0.15, -0.1) is 0 Å². The molecular formula is C36H46N2O7. The number of amides is 1. The SMILES string of the molecule is CCCCCCN(CC(CC1c2ccccc2-c2ccccc21)NC(=O)O)C[C@H](O)[C@@H](O)[C@@H]1OC(c2ccccc2)OC[C@H]1O. The summed E-state index contributed by atoms with van der Waals surface area (Å²) in [6.07, 6.45) is -2.09. The molecular weight excluding hydrogens is 572 g/mol. The third-order valence-electron chi connectivity index (χ3n) is 8.94. The van der Waals surface area contributed by atoms with E-state index in [2.05, 4.69) is 36.5 Å². The lowest BCUT2D eigenvalue weighted by Crippen LogP contribution is -2.55. The van der Waals surface area contributed by atoms with Gasteiger partial charge in [-0.25, -0.2) is 4.79 Å². The molecule has 1 aliphatic heterocycles. The maximum atomic E-state index is 12.0. The Morgan fingerprint density at radius 1 is 0.911 bits per heavy atom. The first-order valence-electron chi connectivity index (χ1n) is 16.1. The summed E-state index contributed by atoms with van der Waals surface area (Å²) in [5.41, 5.74) is 5.46. The topological polar surface area (TPSA) is 132 Å². The summed E-state index contributed by atoms with van der Waals surface area (Å²) in [7, 11) is 0. The molecule has 9 heteroatoms. The molecule has 45 heavy (non-hydrogen) atoms. The molecule has 1 aliphatic carbocycles. The summed E-state index contributed by atoms with van der Waals surface area (Å²) in [6, 6.07) is 25.4. The Labute approximate surface area is 265 Å². The number of benzene rings is 3. The van der Waals surface area contributed by atoms with Crippen molar-refractivity contribution < 1.29 is 34.7 Å². The van der Waals surface area contributed by atoms with Gasteiger partial charge in [-0.3, -0.25) is 4.90 Å². The van der Waals surface area contributed by atoms with Gasteiger partial charge >= 0.3 is 6.09 Å². The Hall–Kier alpha value is -3.31. The number of aliphatic hydroxyl groups is 3. The van der Waals surface area contributed by atoms with Crippen LogP contribution in [0.25, 0.3) is 11.1 Å². The van der Waals surface area contributed by atoms with E-state index in [1.807, 2.05) is 59.5 Å². The molecule has 3 aromatic carbocycles. The number of nitrogens with one attached hydrogen (secondary N) is 1. The highest BCUT2D eigenvalue weighted by atomic mass is 16.7. The fraction of sp³-hybridized carbons (Fsp3) is 0.472. The number of nitrogens with zero attached hydrogens (tertiary/aromatic N) is 1. The Morgan fingerprint density at radius 2 is 1.56 bits per heavy atom. The second kappa shape index (κ2) is 15.8. The third-order valence-corrected chi connectivity index (χ3v) is 8.94. The van der Waals surface area contributed by atoms with E-state index in [4.69, 9.17) is 9.47 Å². The highest BCUT2D eigenvalue weighted by Crippen LogP contribution is 2.46. The Balaban J connectivity index is 1.31. The van der Waals surface area contributed by atoms with Crippen LogP contribution in [-0.4, -0.2) is 88.1 Å². The molecule has 1 saturated heterocycles. The molecule has 242 valence electrons. The van der Waals surface area contributed by atoms with E-state index < -0.39 is 42.8 Å². The lowest BCUT2D eigenvalue weighted by atomic mass is 9.90. The van der Waals surface area contributed by atoms with Crippen LogP contribution in [0.15, 0.2) is 78.9 Å². The minimum absolute atomic E-state index is 0.0208. The Morgan fingerprint density at radius 3 is 2.20 bits per heavy atom. The van der Waals surface area contributed by atoms with E-state index in [0.717, 1.165) is 31.2 Å². The molecule has 2 aliphatic rings. The molecule has 0 saturated carbocycles. The Bertz CT molecular complexity index is 1330. The molecule has 3 aromatic rings. The zero-order chi connectivity index (χ0) is 31.8. The van der Waals surface area contributed by atoms with Crippen LogP contribution in [0.4, 0.5) is 4.79 Å². The van der Waals surface area contributed by atoms with Crippen molar-refractivity contribution in [3.05, 3.63) is 95.6 Å². The number of ether oxygens (including phenoxy) is 2. The van der Waals surface area contributed by atoms with E-state index in [0.29, 0.717) is 19.5 Å². The summed E-state index contributed by atoms with van der Waals surface area (Å²) in [4.78, 5) is 14.0. The lowest BCUT2D eigenvalue weighted by molar-refractivity contribution is -0.283. The van der Waals surface area contributed by atoms with E-state index >= 15 is 0 Å². The number of aliphatic hydroxyl groups excluding tert-OH is 3. The van der Waals surface area contributed by atoms with Crippen LogP contribution in [0.5, 0.6) is 0 Å². The molecule has 9 nitrogen and oxygen atoms in total. The fourth-order valence-corrected chi connectivity index (χ4v) is 6.72. The summed E-state index contributed by atoms with van der Waals surface area (Å²) in [5.74, 6) is 0.0208. The van der Waals surface area contributed by atoms with Gasteiger partial charge in [-0.05, 0) is 41.6 Å². The number of fused-ring (bicyclic) bond motifs is 3. The first kappa shape index (κ1) is 33.1. The number of hydrogen-bond acceptors (Lipinski definition) is 7. The van der Waals surface area contributed by atoms with Crippen molar-refractivity contribution >= 4 is 6.09 Å². The van der Waals surface area contributed by atoms with Crippen molar-refractivity contribution in [2.45, 2.75) is 81.7 Å². The van der Waals surface area contributed by atoms with Crippen molar-refractivity contribution in [3.8, 4) is 11.1 Å². The largest absolute Gasteiger partial charge is 0.465 e. The lowest BCUT2D eigenvalue weighted by Gasteiger charge is -2.39. The number of unbranched alkanes of at least 4 members (excludes halogenated alkanes) is 3. The molecule has 0 bridgehead atoms. The highest BCUT2D eigenvalue weighted by Gasteiger charge is 2.40. The molecule has 6 atom stereocenters. The molecule has 0 spiro atoms. The van der Waals surface area contributed by atoms with Crippen molar-refractivity contribution in [1.82, 2.24) is 10.2 Å². The molecule has 1 amide bonds. The zero-order valence-corrected chi connectivity index (χ0v) is 25.9. The summed E-state index contributed by atoms with van der Waals surface area (Å²) >= 11 is 0. The average molecular weight is 619 g/mol. The smallest absolute Gasteiger partial charge is 0.404 e. The van der Waals surface area contributed by atoms with Gasteiger partial charge < -0.3 is 35.2 Å². The van der Waals surface area contributed by atoms with Crippen LogP contribution < -0.4 is 5.32 Å². The van der Waals surface area contributed by atoms with Crippen LogP contribution >= 0.6 is 0 Å². The van der Waals surface area contributed by atoms with Crippen LogP contribution in [0.3, 0.4) is 0 Å². The molecule has 1 fully saturated rings. The Kier molecular flexibility index (Phi) is 11.6. The third kappa shape index (κ3) is 8.30. The molecule has 0 radical (unpaired) electrons. The molecule has 5 N–H and O–H groups in total. The number of carboxylic acid groups (broad SMARTS) is 1. The van der Waals surface area contributed by atoms with E-state index in [1.165, 1.54) is 22.3 Å². The van der Waals surface area contributed by atoms with Crippen molar-refractivity contribution in [1.29, 1.82) is 0 Å². The summed E-state index contributed by atoms with van der Waals surface area (Å²) in [6.45, 7) is 3.18. The van der Waals surface area contributed by atoms with Gasteiger partial charge in [0.25, 0.3) is 0 Å². The minimum Gasteiger partial charge on any atom is -0.465 e. The number of carbonyl (C=O) groups is 1. The molecule has 2 unspecified atom stereocenters. The van der Waals surface area contributed by atoms with Crippen molar-refractivity contribution in [2.75, 3.05) is 26.2 Å². The van der Waals surface area contributed by atoms with E-state index in [-0.39, 0.29) is 19.1 Å². The van der Waals surface area contributed by atoms with Crippen molar-refractivity contribution in [2.24, 2.45) is 0 Å². The maximum Gasteiger partial charge on any atom is 0.404 e. The van der Waals surface area contributed by atoms with Crippen LogP contribution in [0.1, 0.15) is 67.9 Å². The van der Waals surface area contributed by atoms with Gasteiger partial charge in [0, 0.05) is 30.6 Å². The first-order valence-corrected chi connectivity index (χ1v) is 16.1. The zero-order valence-electron chi connectivity index (χ0n) is 25.9. The monoisotopic (exact) mass is 618 g/mol. The molecule has 1 heterocycles. The standard InChI is InChI=1S/C36H46N2O7/c1-2-3-4-12-19-38(22-31(39)33(41)34-32(40)23-44-35(45-34)24-13-6-5-7-14-24)21-25(37-36(42)43)20-30-28-17-10-8-15-26(28)27-16-9-11-18-29(27)30/h5-11,13-18,25,30-35,37,39-41H,2-4,12,19-23H2,1H3,(H,42,43)/t25?,31-,32+,33+,34+,35?/m0/s1. The summed E-state index contributed by atoms with van der Waals surface area (Å²) in [5, 5.41) is 45.7. The average Bonchev–Trinajstić information content (AvgIpc) is 3.36. The second-order valence-electron chi connectivity index (χ2n) is 12.2. The predicted octanol–water partition coefficient (Wildman–Crippen LogP) is 4.90. The predicted molar refractivity (Wildman–Crippen MR) is 172 cm³/mol. The quantitative estimate of drug-likeness (QED) is 0.152. The van der Waals surface area contributed by atoms with Gasteiger partial charge in [0.05, 0.1) is 12.7 Å². The van der Waals surface area contributed by atoms with Gasteiger partial charge in [0.2, 0.25) is 0 Å². The van der Waals surface area contributed by atoms with E-state index in [1.54, 1.807) is 0 Å². The van der Waals surface area contributed by atoms with Crippen LogP contribution in [0, 0.1) is 0 Å². The summed E-state index contributed by atoms with van der Waals surface area (Å²) < 4.78 is 11.6. The number of rotatable bonds is 15. The first-order chi connectivity index (χ1) is 21.9. The maximum absolute atomic E-state index is 12.0. The van der Waals surface area contributed by atoms with Gasteiger partial charge in [-0.2, -0.15) is 0 Å². The van der Waals surface area contributed by atoms with Crippen LogP contribution in [-0.2, 0) is 9.47 Å². The van der Waals surface area contributed by atoms with Gasteiger partial charge in [0.15, 0.2) is 6.29 Å². The van der Waals surface area contributed by atoms with Gasteiger partial charge in [0.1, 0.15) is 18.3 Å². The minimum atomic E-state index is -1.38. The van der Waals surface area contributed by atoms with Gasteiger partial charge in [-0.1, -0.05) is 105 Å². The molecule has 5 rings (SSSR count). The molecule has 0 aromatic heterocycles. The normalized spacial score (nSPS) is 21.6. The second-order valence-corrected chi connectivity index (χ2v) is 12.2.